The Balaban J connectivity index is 2.57. The summed E-state index contributed by atoms with van der Waals surface area (Å²) in [6.07, 6.45) is 0.780. The van der Waals surface area contributed by atoms with Gasteiger partial charge in [0.25, 0.3) is 0 Å². The van der Waals surface area contributed by atoms with Crippen LogP contribution in [0.2, 0.25) is 0 Å². The van der Waals surface area contributed by atoms with Crippen molar-refractivity contribution in [1.29, 1.82) is 0 Å². The second-order valence-electron chi connectivity index (χ2n) is 2.75. The molecule has 0 N–H and O–H groups in total. The molecule has 0 fully saturated rings. The minimum Gasteiger partial charge on any atom is -0.395 e. The van der Waals surface area contributed by atoms with E-state index in [0.29, 0.717) is 23.2 Å². The predicted molar refractivity (Wildman–Crippen MR) is 50.0 cm³/mol. The van der Waals surface area contributed by atoms with Crippen LogP contribution < -0.4 is 4.84 Å². The van der Waals surface area contributed by atoms with Crippen molar-refractivity contribution in [3.05, 3.63) is 23.8 Å². The van der Waals surface area contributed by atoms with E-state index in [1.54, 1.807) is 18.2 Å². The zero-order valence-corrected chi connectivity index (χ0v) is 7.67. The maximum Gasteiger partial charge on any atom is 0.150 e. The predicted octanol–water partition coefficient (Wildman–Crippen LogP) is 0.692. The molecular weight excluding hydrogens is 182 g/mol. The molecule has 0 aliphatic carbocycles. The van der Waals surface area contributed by atoms with E-state index < -0.39 is 0 Å². The maximum absolute atomic E-state index is 10.6. The average Bonchev–Trinajstić information content (AvgIpc) is 2.61. The van der Waals surface area contributed by atoms with Crippen LogP contribution in [0.1, 0.15) is 17.3 Å². The molecule has 2 rings (SSSR count). The highest BCUT2D eigenvalue weighted by Gasteiger charge is 2.04. The highest BCUT2D eigenvalue weighted by Crippen LogP contribution is 2.11. The van der Waals surface area contributed by atoms with E-state index in [0.717, 1.165) is 6.29 Å². The van der Waals surface area contributed by atoms with Gasteiger partial charge in [0.05, 0.1) is 0 Å². The van der Waals surface area contributed by atoms with Gasteiger partial charge in [-0.05, 0) is 30.3 Å². The fourth-order valence-electron chi connectivity index (χ4n) is 1.21. The van der Waals surface area contributed by atoms with Crippen LogP contribution in [-0.2, 0) is 0 Å². The first kappa shape index (κ1) is 8.68. The molecule has 72 valence electrons. The van der Waals surface area contributed by atoms with Crippen molar-refractivity contribution in [1.82, 2.24) is 15.2 Å². The summed E-state index contributed by atoms with van der Waals surface area (Å²) in [4.78, 5) is 17.1. The highest BCUT2D eigenvalue weighted by atomic mass is 16.7. The number of aldehydes is 1. The summed E-state index contributed by atoms with van der Waals surface area (Å²) in [5, 5.41) is 7.67. The van der Waals surface area contributed by atoms with Gasteiger partial charge in [-0.3, -0.25) is 4.79 Å². The van der Waals surface area contributed by atoms with Crippen molar-refractivity contribution in [3.8, 4) is 0 Å². The smallest absolute Gasteiger partial charge is 0.150 e. The number of rotatable bonds is 3. The van der Waals surface area contributed by atoms with E-state index in [9.17, 15) is 4.79 Å². The largest absolute Gasteiger partial charge is 0.395 e. The van der Waals surface area contributed by atoms with E-state index in [-0.39, 0.29) is 0 Å². The molecular formula is C9H9N3O2. The van der Waals surface area contributed by atoms with Crippen LogP contribution in [0.25, 0.3) is 11.0 Å². The van der Waals surface area contributed by atoms with Crippen LogP contribution in [0, 0.1) is 0 Å². The van der Waals surface area contributed by atoms with E-state index in [1.165, 1.54) is 4.85 Å². The van der Waals surface area contributed by atoms with Crippen LogP contribution in [0.4, 0.5) is 0 Å². The van der Waals surface area contributed by atoms with Gasteiger partial charge in [-0.25, -0.2) is 0 Å². The number of benzene rings is 1. The summed E-state index contributed by atoms with van der Waals surface area (Å²) >= 11 is 0. The van der Waals surface area contributed by atoms with Gasteiger partial charge >= 0.3 is 0 Å². The first-order chi connectivity index (χ1) is 6.85. The normalized spacial score (nSPS) is 10.4. The molecule has 0 atom stereocenters. The van der Waals surface area contributed by atoms with E-state index in [1.807, 2.05) is 6.92 Å². The Morgan fingerprint density at radius 3 is 3.14 bits per heavy atom. The molecule has 0 spiro atoms. The summed E-state index contributed by atoms with van der Waals surface area (Å²) < 4.78 is 0. The SMILES string of the molecule is CCOn1nnc2ccc(C=O)cc21. The summed E-state index contributed by atoms with van der Waals surface area (Å²) in [7, 11) is 0. The van der Waals surface area contributed by atoms with Crippen molar-refractivity contribution in [2.24, 2.45) is 0 Å². The van der Waals surface area contributed by atoms with Gasteiger partial charge in [-0.1, -0.05) is 4.85 Å². The Kier molecular flexibility index (Phi) is 2.14. The van der Waals surface area contributed by atoms with Crippen LogP contribution in [0.3, 0.4) is 0 Å². The summed E-state index contributed by atoms with van der Waals surface area (Å²) in [6.45, 7) is 2.36. The molecule has 2 aromatic rings. The number of fused-ring (bicyclic) bond motifs is 1. The summed E-state index contributed by atoms with van der Waals surface area (Å²) in [6, 6.07) is 5.12. The van der Waals surface area contributed by atoms with Crippen LogP contribution in [0.5, 0.6) is 0 Å². The molecule has 0 radical (unpaired) electrons. The lowest BCUT2D eigenvalue weighted by Gasteiger charge is -2.00. The van der Waals surface area contributed by atoms with Crippen molar-refractivity contribution in [3.63, 3.8) is 0 Å². The molecule has 0 aliphatic rings. The molecule has 1 aromatic heterocycles. The summed E-state index contributed by atoms with van der Waals surface area (Å²) in [5.41, 5.74) is 2.00. The first-order valence-corrected chi connectivity index (χ1v) is 4.29. The molecule has 0 saturated heterocycles. The van der Waals surface area contributed by atoms with Gasteiger partial charge in [-0.2, -0.15) is 0 Å². The molecule has 14 heavy (non-hydrogen) atoms. The molecule has 0 bridgehead atoms. The van der Waals surface area contributed by atoms with Crippen molar-refractivity contribution < 1.29 is 9.63 Å². The number of carbonyl (C=O) groups excluding carboxylic acids is 1. The van der Waals surface area contributed by atoms with Crippen molar-refractivity contribution in [2.45, 2.75) is 6.92 Å². The Morgan fingerprint density at radius 1 is 1.57 bits per heavy atom. The van der Waals surface area contributed by atoms with Gasteiger partial charge in [0.15, 0.2) is 0 Å². The Bertz CT molecular complexity index is 464. The fraction of sp³-hybridized carbons (Fsp3) is 0.222. The Hall–Kier alpha value is -1.91. The number of hydrogen-bond acceptors (Lipinski definition) is 4. The fourth-order valence-corrected chi connectivity index (χ4v) is 1.21. The molecule has 5 heteroatoms. The number of hydrogen-bond donors (Lipinski definition) is 0. The molecule has 5 nitrogen and oxygen atoms in total. The Labute approximate surface area is 80.2 Å². The standard InChI is InChI=1S/C9H9N3O2/c1-2-14-12-9-5-7(6-13)3-4-8(9)10-11-12/h3-6H,2H2,1H3. The lowest BCUT2D eigenvalue weighted by molar-refractivity contribution is 0.0979. The minimum absolute atomic E-state index is 0.504. The van der Waals surface area contributed by atoms with E-state index in [2.05, 4.69) is 10.3 Å². The molecule has 1 aromatic carbocycles. The monoisotopic (exact) mass is 191 g/mol. The van der Waals surface area contributed by atoms with Gasteiger partial charge in [0, 0.05) is 5.56 Å². The van der Waals surface area contributed by atoms with Crippen LogP contribution in [0.15, 0.2) is 18.2 Å². The van der Waals surface area contributed by atoms with Gasteiger partial charge in [0.1, 0.15) is 23.9 Å². The maximum atomic E-state index is 10.6. The van der Waals surface area contributed by atoms with Crippen molar-refractivity contribution in [2.75, 3.05) is 6.61 Å². The Morgan fingerprint density at radius 2 is 2.43 bits per heavy atom. The lowest BCUT2D eigenvalue weighted by atomic mass is 10.2. The van der Waals surface area contributed by atoms with E-state index in [4.69, 9.17) is 4.84 Å². The molecule has 0 amide bonds. The van der Waals surface area contributed by atoms with Crippen molar-refractivity contribution >= 4 is 17.3 Å². The van der Waals surface area contributed by atoms with Crippen LogP contribution >= 0.6 is 0 Å². The molecule has 0 unspecified atom stereocenters. The second kappa shape index (κ2) is 3.45. The summed E-state index contributed by atoms with van der Waals surface area (Å²) in [5.74, 6) is 0. The minimum atomic E-state index is 0.504. The lowest BCUT2D eigenvalue weighted by Crippen LogP contribution is -2.12. The second-order valence-corrected chi connectivity index (χ2v) is 2.75. The zero-order chi connectivity index (χ0) is 9.97. The third kappa shape index (κ3) is 1.32. The quantitative estimate of drug-likeness (QED) is 0.670. The van der Waals surface area contributed by atoms with Gasteiger partial charge in [0.2, 0.25) is 0 Å². The number of aromatic nitrogens is 3. The van der Waals surface area contributed by atoms with Gasteiger partial charge in [-0.15, -0.1) is 5.10 Å². The molecule has 1 heterocycles. The number of nitrogens with zero attached hydrogens (tertiary/aromatic N) is 3. The van der Waals surface area contributed by atoms with Gasteiger partial charge < -0.3 is 4.84 Å². The number of carbonyl (C=O) groups is 1. The average molecular weight is 191 g/mol. The first-order valence-electron chi connectivity index (χ1n) is 4.29. The third-order valence-electron chi connectivity index (χ3n) is 1.83. The van der Waals surface area contributed by atoms with E-state index >= 15 is 0 Å². The highest BCUT2D eigenvalue weighted by molar-refractivity contribution is 5.84. The van der Waals surface area contributed by atoms with Crippen LogP contribution in [-0.4, -0.2) is 28.1 Å². The topological polar surface area (TPSA) is 57.0 Å². The molecule has 0 aliphatic heterocycles. The molecule has 0 saturated carbocycles. The third-order valence-corrected chi connectivity index (χ3v) is 1.83. The zero-order valence-electron chi connectivity index (χ0n) is 7.67.